The zero-order chi connectivity index (χ0) is 15.1. The van der Waals surface area contributed by atoms with Crippen LogP contribution in [0, 0.1) is 0 Å². The topological polar surface area (TPSA) is 44.4 Å². The predicted molar refractivity (Wildman–Crippen MR) is 91.1 cm³/mol. The van der Waals surface area contributed by atoms with Crippen molar-refractivity contribution in [2.24, 2.45) is 0 Å². The van der Waals surface area contributed by atoms with Gasteiger partial charge in [-0.3, -0.25) is 0 Å². The first kappa shape index (κ1) is 16.2. The highest BCUT2D eigenvalue weighted by Crippen LogP contribution is 2.17. The fourth-order valence-corrected chi connectivity index (χ4v) is 3.32. The van der Waals surface area contributed by atoms with Crippen LogP contribution in [-0.2, 0) is 0 Å². The van der Waals surface area contributed by atoms with Gasteiger partial charge in [-0.1, -0.05) is 19.1 Å². The Morgan fingerprint density at radius 2 is 2.05 bits per heavy atom. The molecule has 1 unspecified atom stereocenters. The predicted octanol–water partition coefficient (Wildman–Crippen LogP) is 3.33. The van der Waals surface area contributed by atoms with Crippen molar-refractivity contribution in [2.45, 2.75) is 26.3 Å². The molecule has 0 bridgehead atoms. The number of benzene rings is 1. The molecule has 1 heterocycles. The van der Waals surface area contributed by atoms with E-state index in [9.17, 15) is 4.79 Å². The molecular weight excluding hydrogens is 282 g/mol. The average Bonchev–Trinajstić information content (AvgIpc) is 2.77. The van der Waals surface area contributed by atoms with Gasteiger partial charge in [0.2, 0.25) is 0 Å². The van der Waals surface area contributed by atoms with Gasteiger partial charge < -0.3 is 15.5 Å². The summed E-state index contributed by atoms with van der Waals surface area (Å²) in [6.45, 7) is 6.89. The second-order valence-electron chi connectivity index (χ2n) is 5.28. The largest absolute Gasteiger partial charge is 0.324 e. The molecule has 4 nitrogen and oxygen atoms in total. The summed E-state index contributed by atoms with van der Waals surface area (Å²) < 4.78 is 0. The van der Waals surface area contributed by atoms with E-state index in [1.54, 1.807) is 0 Å². The fourth-order valence-electron chi connectivity index (χ4n) is 2.43. The smallest absolute Gasteiger partial charge is 0.321 e. The zero-order valence-electron chi connectivity index (χ0n) is 12.9. The SMILES string of the molecule is CCNC(C)c1ccc(NC(=O)N2CCCSCC2)cc1. The van der Waals surface area contributed by atoms with Crippen LogP contribution in [-0.4, -0.2) is 42.1 Å². The van der Waals surface area contributed by atoms with Crippen LogP contribution in [0.3, 0.4) is 0 Å². The van der Waals surface area contributed by atoms with E-state index in [-0.39, 0.29) is 6.03 Å². The maximum atomic E-state index is 12.2. The second kappa shape index (κ2) is 8.29. The van der Waals surface area contributed by atoms with Gasteiger partial charge in [0, 0.05) is 30.6 Å². The summed E-state index contributed by atoms with van der Waals surface area (Å²) in [5, 5.41) is 6.38. The molecule has 1 aromatic rings. The summed E-state index contributed by atoms with van der Waals surface area (Å²) >= 11 is 1.92. The first-order valence-corrected chi connectivity index (χ1v) is 8.83. The van der Waals surface area contributed by atoms with Gasteiger partial charge in [0.25, 0.3) is 0 Å². The van der Waals surface area contributed by atoms with Crippen molar-refractivity contribution in [1.29, 1.82) is 0 Å². The normalized spacial score (nSPS) is 17.1. The van der Waals surface area contributed by atoms with Gasteiger partial charge in [0.05, 0.1) is 0 Å². The standard InChI is InChI=1S/C16H25N3OS/c1-3-17-13(2)14-5-7-15(8-6-14)18-16(20)19-9-4-11-21-12-10-19/h5-8,13,17H,3-4,9-12H2,1-2H3,(H,18,20). The highest BCUT2D eigenvalue weighted by molar-refractivity contribution is 7.99. The molecule has 0 spiro atoms. The molecule has 116 valence electrons. The van der Waals surface area contributed by atoms with Crippen molar-refractivity contribution >= 4 is 23.5 Å². The molecule has 1 aliphatic rings. The van der Waals surface area contributed by atoms with E-state index in [1.807, 2.05) is 28.8 Å². The van der Waals surface area contributed by atoms with E-state index in [0.29, 0.717) is 6.04 Å². The third kappa shape index (κ3) is 4.93. The third-order valence-electron chi connectivity index (χ3n) is 3.68. The van der Waals surface area contributed by atoms with E-state index in [0.717, 1.165) is 43.2 Å². The lowest BCUT2D eigenvalue weighted by molar-refractivity contribution is 0.216. The van der Waals surface area contributed by atoms with Crippen molar-refractivity contribution in [3.8, 4) is 0 Å². The van der Waals surface area contributed by atoms with Crippen molar-refractivity contribution in [1.82, 2.24) is 10.2 Å². The summed E-state index contributed by atoms with van der Waals surface area (Å²) in [5.41, 5.74) is 2.10. The molecule has 1 atom stereocenters. The number of carbonyl (C=O) groups is 1. The molecule has 2 N–H and O–H groups in total. The van der Waals surface area contributed by atoms with Crippen molar-refractivity contribution < 1.29 is 4.79 Å². The maximum Gasteiger partial charge on any atom is 0.321 e. The van der Waals surface area contributed by atoms with E-state index < -0.39 is 0 Å². The number of nitrogens with zero attached hydrogens (tertiary/aromatic N) is 1. The zero-order valence-corrected chi connectivity index (χ0v) is 13.7. The Kier molecular flexibility index (Phi) is 6.39. The minimum atomic E-state index is 0.0185. The van der Waals surface area contributed by atoms with Gasteiger partial charge >= 0.3 is 6.03 Å². The second-order valence-corrected chi connectivity index (χ2v) is 6.51. The Morgan fingerprint density at radius 1 is 1.29 bits per heavy atom. The van der Waals surface area contributed by atoms with Gasteiger partial charge in [-0.25, -0.2) is 4.79 Å². The van der Waals surface area contributed by atoms with Crippen LogP contribution in [0.5, 0.6) is 0 Å². The lowest BCUT2D eigenvalue weighted by Crippen LogP contribution is -2.36. The number of thioether (sulfide) groups is 1. The minimum Gasteiger partial charge on any atom is -0.324 e. The summed E-state index contributed by atoms with van der Waals surface area (Å²) in [6, 6.07) is 8.45. The highest BCUT2D eigenvalue weighted by Gasteiger charge is 2.15. The molecule has 1 saturated heterocycles. The molecule has 1 fully saturated rings. The highest BCUT2D eigenvalue weighted by atomic mass is 32.2. The van der Waals surface area contributed by atoms with E-state index in [1.165, 1.54) is 5.56 Å². The van der Waals surface area contributed by atoms with Gasteiger partial charge in [0.1, 0.15) is 0 Å². The molecule has 2 rings (SSSR count). The first-order valence-electron chi connectivity index (χ1n) is 7.67. The van der Waals surface area contributed by atoms with Crippen molar-refractivity contribution in [3.63, 3.8) is 0 Å². The van der Waals surface area contributed by atoms with Gasteiger partial charge in [-0.05, 0) is 43.3 Å². The molecule has 0 aliphatic carbocycles. The lowest BCUT2D eigenvalue weighted by atomic mass is 10.1. The molecule has 1 aromatic carbocycles. The van der Waals surface area contributed by atoms with Gasteiger partial charge in [-0.2, -0.15) is 11.8 Å². The van der Waals surface area contributed by atoms with E-state index >= 15 is 0 Å². The average molecular weight is 307 g/mol. The van der Waals surface area contributed by atoms with E-state index in [2.05, 4.69) is 36.6 Å². The number of hydrogen-bond donors (Lipinski definition) is 2. The van der Waals surface area contributed by atoms with Crippen LogP contribution in [0.4, 0.5) is 10.5 Å². The Bertz CT molecular complexity index is 441. The van der Waals surface area contributed by atoms with Crippen LogP contribution in [0.25, 0.3) is 0 Å². The Balaban J connectivity index is 1.91. The van der Waals surface area contributed by atoms with Crippen LogP contribution in [0.1, 0.15) is 31.9 Å². The van der Waals surface area contributed by atoms with Gasteiger partial charge in [0.15, 0.2) is 0 Å². The van der Waals surface area contributed by atoms with Crippen LogP contribution in [0.15, 0.2) is 24.3 Å². The number of urea groups is 1. The van der Waals surface area contributed by atoms with Crippen LogP contribution >= 0.6 is 11.8 Å². The molecule has 0 radical (unpaired) electrons. The van der Waals surface area contributed by atoms with E-state index in [4.69, 9.17) is 0 Å². The third-order valence-corrected chi connectivity index (χ3v) is 4.73. The molecular formula is C16H25N3OS. The molecule has 0 saturated carbocycles. The fraction of sp³-hybridized carbons (Fsp3) is 0.562. The monoisotopic (exact) mass is 307 g/mol. The summed E-state index contributed by atoms with van der Waals surface area (Å²) in [6.07, 6.45) is 1.08. The Hall–Kier alpha value is -1.20. The molecule has 5 heteroatoms. The summed E-state index contributed by atoms with van der Waals surface area (Å²) in [7, 11) is 0. The quantitative estimate of drug-likeness (QED) is 0.897. The molecule has 21 heavy (non-hydrogen) atoms. The Labute approximate surface area is 131 Å². The van der Waals surface area contributed by atoms with Crippen molar-refractivity contribution in [2.75, 3.05) is 36.5 Å². The molecule has 1 aliphatic heterocycles. The lowest BCUT2D eigenvalue weighted by Gasteiger charge is -2.20. The molecule has 2 amide bonds. The number of amides is 2. The van der Waals surface area contributed by atoms with Crippen LogP contribution < -0.4 is 10.6 Å². The number of rotatable bonds is 4. The number of nitrogens with one attached hydrogen (secondary N) is 2. The van der Waals surface area contributed by atoms with Gasteiger partial charge in [-0.15, -0.1) is 0 Å². The number of hydrogen-bond acceptors (Lipinski definition) is 3. The Morgan fingerprint density at radius 3 is 2.76 bits per heavy atom. The molecule has 0 aromatic heterocycles. The van der Waals surface area contributed by atoms with Crippen LogP contribution in [0.2, 0.25) is 0 Å². The summed E-state index contributed by atoms with van der Waals surface area (Å²) in [5.74, 6) is 2.19. The first-order chi connectivity index (χ1) is 10.2. The number of carbonyl (C=O) groups excluding carboxylic acids is 1. The van der Waals surface area contributed by atoms with Crippen molar-refractivity contribution in [3.05, 3.63) is 29.8 Å². The summed E-state index contributed by atoms with van der Waals surface area (Å²) in [4.78, 5) is 14.1. The minimum absolute atomic E-state index is 0.0185. The maximum absolute atomic E-state index is 12.2. The number of anilines is 1.